The SMILES string of the molecule is CCOC(=O)c1noc(-c2cc(Cl)cc(Br)c2)n1. The van der Waals surface area contributed by atoms with Crippen LogP contribution in [-0.4, -0.2) is 22.7 Å². The van der Waals surface area contributed by atoms with Crippen LogP contribution in [0.25, 0.3) is 11.5 Å². The van der Waals surface area contributed by atoms with Crippen molar-refractivity contribution in [2.75, 3.05) is 6.61 Å². The first-order valence-electron chi connectivity index (χ1n) is 5.07. The van der Waals surface area contributed by atoms with Crippen LogP contribution >= 0.6 is 27.5 Å². The van der Waals surface area contributed by atoms with Crippen LogP contribution in [0.4, 0.5) is 0 Å². The van der Waals surface area contributed by atoms with Crippen LogP contribution in [0.2, 0.25) is 5.02 Å². The Balaban J connectivity index is 2.32. The summed E-state index contributed by atoms with van der Waals surface area (Å²) in [5.41, 5.74) is 0.623. The Labute approximate surface area is 116 Å². The van der Waals surface area contributed by atoms with Crippen molar-refractivity contribution in [1.82, 2.24) is 10.1 Å². The minimum absolute atomic E-state index is 0.108. The topological polar surface area (TPSA) is 65.2 Å². The van der Waals surface area contributed by atoms with Gasteiger partial charge in [-0.25, -0.2) is 4.79 Å². The minimum atomic E-state index is -0.617. The summed E-state index contributed by atoms with van der Waals surface area (Å²) >= 11 is 9.21. The third-order valence-corrected chi connectivity index (χ3v) is 2.67. The molecule has 0 unspecified atom stereocenters. The molecule has 0 aliphatic heterocycles. The predicted molar refractivity (Wildman–Crippen MR) is 68.4 cm³/mol. The highest BCUT2D eigenvalue weighted by molar-refractivity contribution is 9.10. The van der Waals surface area contributed by atoms with Crippen molar-refractivity contribution in [3.05, 3.63) is 33.5 Å². The molecule has 0 spiro atoms. The molecule has 2 aromatic rings. The van der Waals surface area contributed by atoms with Crippen LogP contribution < -0.4 is 0 Å². The van der Waals surface area contributed by atoms with Gasteiger partial charge in [-0.2, -0.15) is 4.98 Å². The monoisotopic (exact) mass is 330 g/mol. The number of rotatable bonds is 3. The number of benzene rings is 1. The van der Waals surface area contributed by atoms with E-state index in [-0.39, 0.29) is 18.3 Å². The predicted octanol–water partition coefficient (Wildman–Crippen LogP) is 3.33. The fourth-order valence-corrected chi connectivity index (χ4v) is 2.16. The Morgan fingerprint density at radius 3 is 2.94 bits per heavy atom. The molecule has 0 amide bonds. The number of halogens is 2. The highest BCUT2D eigenvalue weighted by Gasteiger charge is 2.17. The first-order valence-corrected chi connectivity index (χ1v) is 6.24. The number of ether oxygens (including phenoxy) is 1. The lowest BCUT2D eigenvalue weighted by Crippen LogP contribution is -2.06. The summed E-state index contributed by atoms with van der Waals surface area (Å²) in [6.07, 6.45) is 0. The van der Waals surface area contributed by atoms with Gasteiger partial charge in [-0.15, -0.1) is 0 Å². The van der Waals surface area contributed by atoms with E-state index in [4.69, 9.17) is 20.9 Å². The van der Waals surface area contributed by atoms with Gasteiger partial charge in [0.2, 0.25) is 0 Å². The van der Waals surface area contributed by atoms with Gasteiger partial charge >= 0.3 is 5.97 Å². The lowest BCUT2D eigenvalue weighted by Gasteiger charge is -1.97. The Hall–Kier alpha value is -1.40. The van der Waals surface area contributed by atoms with Crippen molar-refractivity contribution in [1.29, 1.82) is 0 Å². The van der Waals surface area contributed by atoms with Crippen LogP contribution in [0, 0.1) is 0 Å². The molecule has 7 heteroatoms. The van der Waals surface area contributed by atoms with E-state index in [1.807, 2.05) is 0 Å². The molecule has 94 valence electrons. The standard InChI is InChI=1S/C11H8BrClN2O3/c1-2-17-11(16)9-14-10(18-15-9)6-3-7(12)5-8(13)4-6/h3-5H,2H2,1H3. The maximum atomic E-state index is 11.4. The molecule has 1 aromatic heterocycles. The number of hydrogen-bond acceptors (Lipinski definition) is 5. The van der Waals surface area contributed by atoms with Crippen LogP contribution in [0.3, 0.4) is 0 Å². The molecule has 0 atom stereocenters. The molecule has 0 saturated carbocycles. The molecule has 0 fully saturated rings. The third kappa shape index (κ3) is 2.88. The summed E-state index contributed by atoms with van der Waals surface area (Å²) in [4.78, 5) is 15.3. The van der Waals surface area contributed by atoms with Gasteiger partial charge in [0, 0.05) is 15.1 Å². The van der Waals surface area contributed by atoms with Crippen molar-refractivity contribution < 1.29 is 14.1 Å². The van der Waals surface area contributed by atoms with Gasteiger partial charge < -0.3 is 9.26 Å². The highest BCUT2D eigenvalue weighted by atomic mass is 79.9. The molecule has 0 bridgehead atoms. The van der Waals surface area contributed by atoms with Crippen LogP contribution in [-0.2, 0) is 4.74 Å². The van der Waals surface area contributed by atoms with E-state index in [2.05, 4.69) is 26.1 Å². The normalized spacial score (nSPS) is 10.4. The van der Waals surface area contributed by atoms with Crippen molar-refractivity contribution in [2.45, 2.75) is 6.92 Å². The molecule has 18 heavy (non-hydrogen) atoms. The number of esters is 1. The van der Waals surface area contributed by atoms with Crippen molar-refractivity contribution in [2.24, 2.45) is 0 Å². The number of carbonyl (C=O) groups is 1. The summed E-state index contributed by atoms with van der Waals surface area (Å²) in [7, 11) is 0. The highest BCUT2D eigenvalue weighted by Crippen LogP contribution is 2.26. The summed E-state index contributed by atoms with van der Waals surface area (Å²) in [5, 5.41) is 4.07. The second-order valence-electron chi connectivity index (χ2n) is 3.30. The first kappa shape index (κ1) is 13.0. The van der Waals surface area contributed by atoms with Gasteiger partial charge in [0.25, 0.3) is 11.7 Å². The maximum Gasteiger partial charge on any atom is 0.379 e. The molecule has 0 radical (unpaired) electrons. The number of aromatic nitrogens is 2. The Kier molecular flexibility index (Phi) is 3.98. The minimum Gasteiger partial charge on any atom is -0.460 e. The molecule has 0 saturated heterocycles. The van der Waals surface area contributed by atoms with Gasteiger partial charge in [0.05, 0.1) is 6.61 Å². The fourth-order valence-electron chi connectivity index (χ4n) is 1.30. The van der Waals surface area contributed by atoms with E-state index in [0.717, 1.165) is 4.47 Å². The molecule has 0 aliphatic rings. The van der Waals surface area contributed by atoms with Gasteiger partial charge in [0.15, 0.2) is 0 Å². The van der Waals surface area contributed by atoms with Crippen LogP contribution in [0.5, 0.6) is 0 Å². The van der Waals surface area contributed by atoms with E-state index in [0.29, 0.717) is 10.6 Å². The molecule has 1 heterocycles. The van der Waals surface area contributed by atoms with Gasteiger partial charge in [0.1, 0.15) is 0 Å². The largest absolute Gasteiger partial charge is 0.460 e. The smallest absolute Gasteiger partial charge is 0.379 e. The Morgan fingerprint density at radius 1 is 1.50 bits per heavy atom. The van der Waals surface area contributed by atoms with Crippen molar-refractivity contribution in [3.63, 3.8) is 0 Å². The second kappa shape index (κ2) is 5.49. The molecule has 2 rings (SSSR count). The molecular weight excluding hydrogens is 323 g/mol. The molecular formula is C11H8BrClN2O3. The van der Waals surface area contributed by atoms with E-state index in [1.54, 1.807) is 25.1 Å². The van der Waals surface area contributed by atoms with E-state index in [9.17, 15) is 4.79 Å². The average Bonchev–Trinajstić information content (AvgIpc) is 2.77. The average molecular weight is 332 g/mol. The molecule has 5 nitrogen and oxygen atoms in total. The number of nitrogens with zero attached hydrogens (tertiary/aromatic N) is 2. The quantitative estimate of drug-likeness (QED) is 0.807. The lowest BCUT2D eigenvalue weighted by atomic mass is 10.2. The van der Waals surface area contributed by atoms with Crippen LogP contribution in [0.15, 0.2) is 27.2 Å². The third-order valence-electron chi connectivity index (χ3n) is 1.99. The van der Waals surface area contributed by atoms with Gasteiger partial charge in [-0.05, 0) is 30.3 Å². The zero-order valence-electron chi connectivity index (χ0n) is 9.31. The Bertz CT molecular complexity index is 565. The van der Waals surface area contributed by atoms with E-state index >= 15 is 0 Å². The Morgan fingerprint density at radius 2 is 2.28 bits per heavy atom. The van der Waals surface area contributed by atoms with Gasteiger partial charge in [-0.1, -0.05) is 27.5 Å². The van der Waals surface area contributed by atoms with E-state index < -0.39 is 5.97 Å². The number of carbonyl (C=O) groups excluding carboxylic acids is 1. The first-order chi connectivity index (χ1) is 8.60. The summed E-state index contributed by atoms with van der Waals surface area (Å²) < 4.78 is 10.5. The zero-order valence-corrected chi connectivity index (χ0v) is 11.7. The molecule has 0 N–H and O–H groups in total. The summed E-state index contributed by atoms with van der Waals surface area (Å²) in [6, 6.07) is 5.15. The van der Waals surface area contributed by atoms with Crippen molar-refractivity contribution >= 4 is 33.5 Å². The molecule has 0 aliphatic carbocycles. The zero-order chi connectivity index (χ0) is 13.1. The van der Waals surface area contributed by atoms with Gasteiger partial charge in [-0.3, -0.25) is 0 Å². The van der Waals surface area contributed by atoms with Crippen molar-refractivity contribution in [3.8, 4) is 11.5 Å². The summed E-state index contributed by atoms with van der Waals surface area (Å²) in [6.45, 7) is 1.96. The fraction of sp³-hybridized carbons (Fsp3) is 0.182. The lowest BCUT2D eigenvalue weighted by molar-refractivity contribution is 0.0508. The second-order valence-corrected chi connectivity index (χ2v) is 4.65. The van der Waals surface area contributed by atoms with Crippen LogP contribution in [0.1, 0.15) is 17.5 Å². The molecule has 1 aromatic carbocycles. The van der Waals surface area contributed by atoms with E-state index in [1.165, 1.54) is 0 Å². The maximum absolute atomic E-state index is 11.4. The number of hydrogen-bond donors (Lipinski definition) is 0. The summed E-state index contributed by atoms with van der Waals surface area (Å²) in [5.74, 6) is -0.516.